The fourth-order valence-corrected chi connectivity index (χ4v) is 5.45. The second-order valence-corrected chi connectivity index (χ2v) is 9.80. The van der Waals surface area contributed by atoms with Crippen molar-refractivity contribution in [1.82, 2.24) is 24.4 Å². The predicted octanol–water partition coefficient (Wildman–Crippen LogP) is 4.02. The van der Waals surface area contributed by atoms with E-state index < -0.39 is 5.82 Å². The molecule has 4 heterocycles. The molecule has 2 amide bonds. The Hall–Kier alpha value is -2.86. The van der Waals surface area contributed by atoms with E-state index in [0.717, 1.165) is 9.88 Å². The van der Waals surface area contributed by atoms with Crippen molar-refractivity contribution in [3.63, 3.8) is 0 Å². The highest BCUT2D eigenvalue weighted by Crippen LogP contribution is 2.28. The Morgan fingerprint density at radius 3 is 2.73 bits per heavy atom. The number of hydrogen-bond acceptors (Lipinski definition) is 7. The Labute approximate surface area is 200 Å². The highest BCUT2D eigenvalue weighted by atomic mass is 35.5. The molecule has 1 N–H and O–H groups in total. The number of thiophene rings is 1. The molecule has 33 heavy (non-hydrogen) atoms. The van der Waals surface area contributed by atoms with Crippen LogP contribution in [0.25, 0.3) is 14.8 Å². The fourth-order valence-electron chi connectivity index (χ4n) is 3.55. The molecule has 8 nitrogen and oxygen atoms in total. The number of rotatable bonds is 4. The normalized spacial score (nSPS) is 14.7. The summed E-state index contributed by atoms with van der Waals surface area (Å²) in [7, 11) is 0. The van der Waals surface area contributed by atoms with Gasteiger partial charge >= 0.3 is 6.03 Å². The van der Waals surface area contributed by atoms with Crippen LogP contribution in [-0.2, 0) is 6.54 Å². The standard InChI is InChI=1S/C21H18ClFN6O2S2/c22-15-10-13(3-4-16(15)23)24-20(31)28-7-5-27(6-8-28)12-14-11-18(30)29-21(25-14)33-19(26-29)17-2-1-9-32-17/h1-4,9-11H,5-8,12H2,(H,24,31). The van der Waals surface area contributed by atoms with Crippen molar-refractivity contribution in [2.45, 2.75) is 6.54 Å². The summed E-state index contributed by atoms with van der Waals surface area (Å²) in [6.07, 6.45) is 0. The number of piperazine rings is 1. The smallest absolute Gasteiger partial charge is 0.321 e. The second kappa shape index (κ2) is 9.18. The third-order valence-corrected chi connectivity index (χ3v) is 7.48. The third-order valence-electron chi connectivity index (χ3n) is 5.25. The molecule has 0 saturated carbocycles. The number of urea groups is 1. The van der Waals surface area contributed by atoms with Gasteiger partial charge < -0.3 is 10.2 Å². The van der Waals surface area contributed by atoms with Crippen LogP contribution in [0.2, 0.25) is 5.02 Å². The number of carbonyl (C=O) groups is 1. The molecule has 1 aliphatic heterocycles. The average Bonchev–Trinajstić information content (AvgIpc) is 3.47. The van der Waals surface area contributed by atoms with Crippen LogP contribution in [0.5, 0.6) is 0 Å². The number of carbonyl (C=O) groups excluding carboxylic acids is 1. The predicted molar refractivity (Wildman–Crippen MR) is 128 cm³/mol. The van der Waals surface area contributed by atoms with E-state index >= 15 is 0 Å². The Morgan fingerprint density at radius 1 is 1.18 bits per heavy atom. The highest BCUT2D eigenvalue weighted by molar-refractivity contribution is 7.23. The number of fused-ring (bicyclic) bond motifs is 1. The molecule has 170 valence electrons. The Kier molecular flexibility index (Phi) is 6.11. The van der Waals surface area contributed by atoms with E-state index in [-0.39, 0.29) is 16.6 Å². The number of nitrogens with zero attached hydrogens (tertiary/aromatic N) is 5. The summed E-state index contributed by atoms with van der Waals surface area (Å²) < 4.78 is 14.6. The van der Waals surface area contributed by atoms with E-state index in [9.17, 15) is 14.0 Å². The first-order valence-electron chi connectivity index (χ1n) is 10.1. The van der Waals surface area contributed by atoms with Crippen LogP contribution in [0.3, 0.4) is 0 Å². The Balaban J connectivity index is 1.21. The van der Waals surface area contributed by atoms with Gasteiger partial charge in [-0.2, -0.15) is 9.61 Å². The molecule has 1 aromatic carbocycles. The zero-order valence-corrected chi connectivity index (χ0v) is 19.6. The number of anilines is 1. The van der Waals surface area contributed by atoms with Crippen LogP contribution in [-0.4, -0.2) is 56.6 Å². The van der Waals surface area contributed by atoms with Gasteiger partial charge in [0.05, 0.1) is 15.6 Å². The van der Waals surface area contributed by atoms with Crippen LogP contribution < -0.4 is 10.9 Å². The average molecular weight is 505 g/mol. The van der Waals surface area contributed by atoms with Crippen molar-refractivity contribution >= 4 is 51.0 Å². The molecule has 5 rings (SSSR count). The molecule has 1 aliphatic rings. The number of amides is 2. The minimum absolute atomic E-state index is 0.0403. The van der Waals surface area contributed by atoms with Gasteiger partial charge in [-0.05, 0) is 29.6 Å². The maximum absolute atomic E-state index is 13.3. The SMILES string of the molecule is O=C(Nc1ccc(F)c(Cl)c1)N1CCN(Cc2cc(=O)n3nc(-c4cccs4)sc3n2)CC1. The van der Waals surface area contributed by atoms with Crippen LogP contribution >= 0.6 is 34.3 Å². The van der Waals surface area contributed by atoms with Gasteiger partial charge in [-0.15, -0.1) is 11.3 Å². The van der Waals surface area contributed by atoms with Crippen molar-refractivity contribution in [2.24, 2.45) is 0 Å². The first kappa shape index (κ1) is 22.0. The third kappa shape index (κ3) is 4.76. The minimum atomic E-state index is -0.532. The molecule has 0 atom stereocenters. The lowest BCUT2D eigenvalue weighted by molar-refractivity contribution is 0.142. The fraction of sp³-hybridized carbons (Fsp3) is 0.238. The number of benzene rings is 1. The largest absolute Gasteiger partial charge is 0.322 e. The topological polar surface area (TPSA) is 82.8 Å². The lowest BCUT2D eigenvalue weighted by atomic mass is 10.3. The van der Waals surface area contributed by atoms with Crippen LogP contribution in [0.15, 0.2) is 46.6 Å². The van der Waals surface area contributed by atoms with Gasteiger partial charge in [0, 0.05) is 44.5 Å². The summed E-state index contributed by atoms with van der Waals surface area (Å²) in [6, 6.07) is 9.24. The minimum Gasteiger partial charge on any atom is -0.322 e. The lowest BCUT2D eigenvalue weighted by Gasteiger charge is -2.34. The van der Waals surface area contributed by atoms with Gasteiger partial charge in [0.1, 0.15) is 5.82 Å². The molecule has 1 fully saturated rings. The molecule has 0 aliphatic carbocycles. The summed E-state index contributed by atoms with van der Waals surface area (Å²) in [6.45, 7) is 2.83. The molecule has 0 bridgehead atoms. The monoisotopic (exact) mass is 504 g/mol. The van der Waals surface area contributed by atoms with Crippen molar-refractivity contribution < 1.29 is 9.18 Å². The molecule has 12 heteroatoms. The number of nitrogens with one attached hydrogen (secondary N) is 1. The van der Waals surface area contributed by atoms with Gasteiger partial charge in [-0.25, -0.2) is 14.2 Å². The summed E-state index contributed by atoms with van der Waals surface area (Å²) in [5.41, 5.74) is 0.920. The van der Waals surface area contributed by atoms with Gasteiger partial charge in [-0.1, -0.05) is 29.0 Å². The molecule has 0 radical (unpaired) electrons. The number of halogens is 2. The molecule has 4 aromatic rings. The first-order valence-corrected chi connectivity index (χ1v) is 12.2. The number of aromatic nitrogens is 3. The van der Waals surface area contributed by atoms with Crippen molar-refractivity contribution in [1.29, 1.82) is 0 Å². The molecular weight excluding hydrogens is 487 g/mol. The van der Waals surface area contributed by atoms with Crippen LogP contribution in [0.4, 0.5) is 14.9 Å². The van der Waals surface area contributed by atoms with Gasteiger partial charge in [0.15, 0.2) is 5.01 Å². The summed E-state index contributed by atoms with van der Waals surface area (Å²) in [4.78, 5) is 35.1. The Morgan fingerprint density at radius 2 is 2.00 bits per heavy atom. The van der Waals surface area contributed by atoms with E-state index in [1.165, 1.54) is 40.1 Å². The van der Waals surface area contributed by atoms with E-state index in [1.54, 1.807) is 16.2 Å². The highest BCUT2D eigenvalue weighted by Gasteiger charge is 2.22. The first-order chi connectivity index (χ1) is 16.0. The molecule has 0 unspecified atom stereocenters. The molecule has 1 saturated heterocycles. The van der Waals surface area contributed by atoms with E-state index in [1.807, 2.05) is 17.5 Å². The van der Waals surface area contributed by atoms with Crippen molar-refractivity contribution in [3.05, 3.63) is 68.7 Å². The summed E-state index contributed by atoms with van der Waals surface area (Å²) in [5.74, 6) is -0.532. The number of hydrogen-bond donors (Lipinski definition) is 1. The zero-order valence-electron chi connectivity index (χ0n) is 17.2. The maximum atomic E-state index is 13.3. The van der Waals surface area contributed by atoms with Gasteiger partial charge in [0.25, 0.3) is 5.56 Å². The van der Waals surface area contributed by atoms with Crippen molar-refractivity contribution in [3.8, 4) is 9.88 Å². The van der Waals surface area contributed by atoms with E-state index in [2.05, 4.69) is 20.3 Å². The van der Waals surface area contributed by atoms with E-state index in [4.69, 9.17) is 11.6 Å². The zero-order chi connectivity index (χ0) is 22.9. The van der Waals surface area contributed by atoms with Gasteiger partial charge in [-0.3, -0.25) is 9.69 Å². The maximum Gasteiger partial charge on any atom is 0.321 e. The van der Waals surface area contributed by atoms with Crippen molar-refractivity contribution in [2.75, 3.05) is 31.5 Å². The Bertz CT molecular complexity index is 1370. The van der Waals surface area contributed by atoms with Crippen LogP contribution in [0.1, 0.15) is 5.69 Å². The van der Waals surface area contributed by atoms with E-state index in [0.29, 0.717) is 49.1 Å². The summed E-state index contributed by atoms with van der Waals surface area (Å²) >= 11 is 8.74. The summed E-state index contributed by atoms with van der Waals surface area (Å²) in [5, 5.41) is 9.84. The molecule has 0 spiro atoms. The molecule has 3 aromatic heterocycles. The molecular formula is C21H18ClFN6O2S2. The van der Waals surface area contributed by atoms with Crippen LogP contribution in [0, 0.1) is 5.82 Å². The quantitative estimate of drug-likeness (QED) is 0.454. The lowest BCUT2D eigenvalue weighted by Crippen LogP contribution is -2.49. The van der Waals surface area contributed by atoms with Gasteiger partial charge in [0.2, 0.25) is 4.96 Å². The second-order valence-electron chi connectivity index (χ2n) is 7.49.